The molecule has 0 aliphatic carbocycles. The van der Waals surface area contributed by atoms with Crippen LogP contribution in [0, 0.1) is 0 Å². The van der Waals surface area contributed by atoms with Crippen LogP contribution in [0.25, 0.3) is 6.08 Å². The Morgan fingerprint density at radius 1 is 0.933 bits per heavy atom. The highest BCUT2D eigenvalue weighted by atomic mass is 16.5. The van der Waals surface area contributed by atoms with Gasteiger partial charge in [-0.05, 0) is 68.8 Å². The van der Waals surface area contributed by atoms with Gasteiger partial charge < -0.3 is 19.1 Å². The van der Waals surface area contributed by atoms with E-state index in [1.165, 1.54) is 6.08 Å². The third-order valence-corrected chi connectivity index (χ3v) is 4.53. The van der Waals surface area contributed by atoms with E-state index < -0.39 is 0 Å². The summed E-state index contributed by atoms with van der Waals surface area (Å²) in [5.41, 5.74) is 1.37. The van der Waals surface area contributed by atoms with E-state index in [0.29, 0.717) is 42.5 Å². The van der Waals surface area contributed by atoms with Gasteiger partial charge in [-0.25, -0.2) is 0 Å². The van der Waals surface area contributed by atoms with Gasteiger partial charge >= 0.3 is 0 Å². The molecule has 0 radical (unpaired) electrons. The van der Waals surface area contributed by atoms with Crippen LogP contribution < -0.4 is 14.2 Å². The quantitative estimate of drug-likeness (QED) is 0.409. The van der Waals surface area contributed by atoms with E-state index >= 15 is 0 Å². The molecule has 0 N–H and O–H groups in total. The van der Waals surface area contributed by atoms with E-state index in [0.717, 1.165) is 5.56 Å². The van der Waals surface area contributed by atoms with Crippen LogP contribution in [0.4, 0.5) is 0 Å². The number of nitrogens with zero attached hydrogens (tertiary/aromatic N) is 1. The largest absolute Gasteiger partial charge is 0.493 e. The van der Waals surface area contributed by atoms with E-state index in [-0.39, 0.29) is 18.3 Å². The summed E-state index contributed by atoms with van der Waals surface area (Å²) in [4.78, 5) is 26.2. The Kier molecular flexibility index (Phi) is 8.94. The molecule has 0 fully saturated rings. The van der Waals surface area contributed by atoms with Crippen LogP contribution in [0.3, 0.4) is 0 Å². The Morgan fingerprint density at radius 3 is 2.23 bits per heavy atom. The van der Waals surface area contributed by atoms with Crippen molar-refractivity contribution in [1.82, 2.24) is 4.90 Å². The van der Waals surface area contributed by atoms with Crippen molar-refractivity contribution in [2.75, 3.05) is 33.4 Å². The van der Waals surface area contributed by atoms with Crippen molar-refractivity contribution in [3.63, 3.8) is 0 Å². The minimum atomic E-state index is -0.130. The summed E-state index contributed by atoms with van der Waals surface area (Å²) < 4.78 is 16.4. The number of carbonyl (C=O) groups is 2. The number of carbonyl (C=O) groups excluding carboxylic acids is 2. The number of ether oxygens (including phenoxy) is 3. The smallest absolute Gasteiger partial charge is 0.260 e. The zero-order valence-corrected chi connectivity index (χ0v) is 18.0. The van der Waals surface area contributed by atoms with Crippen LogP contribution in [0.5, 0.6) is 17.2 Å². The highest BCUT2D eigenvalue weighted by Gasteiger charge is 2.10. The van der Waals surface area contributed by atoms with Crippen molar-refractivity contribution in [2.45, 2.75) is 20.8 Å². The molecule has 0 saturated heterocycles. The highest BCUT2D eigenvalue weighted by molar-refractivity contribution is 6.06. The van der Waals surface area contributed by atoms with Crippen LogP contribution in [0.15, 0.2) is 48.5 Å². The summed E-state index contributed by atoms with van der Waals surface area (Å²) in [6, 6.07) is 12.2. The third-order valence-electron chi connectivity index (χ3n) is 4.53. The van der Waals surface area contributed by atoms with Crippen LogP contribution in [-0.2, 0) is 4.79 Å². The molecule has 6 heteroatoms. The Morgan fingerprint density at radius 2 is 1.63 bits per heavy atom. The van der Waals surface area contributed by atoms with Crippen molar-refractivity contribution in [2.24, 2.45) is 0 Å². The maximum Gasteiger partial charge on any atom is 0.260 e. The summed E-state index contributed by atoms with van der Waals surface area (Å²) in [5, 5.41) is 0. The maximum atomic E-state index is 12.5. The van der Waals surface area contributed by atoms with Gasteiger partial charge in [-0.3, -0.25) is 9.59 Å². The van der Waals surface area contributed by atoms with Gasteiger partial charge in [-0.1, -0.05) is 12.1 Å². The molecule has 30 heavy (non-hydrogen) atoms. The summed E-state index contributed by atoms with van der Waals surface area (Å²) in [7, 11) is 1.59. The third kappa shape index (κ3) is 6.37. The molecule has 0 spiro atoms. The number of likely N-dealkylation sites (N-methyl/N-ethyl adjacent to an activating group) is 1. The first-order valence-corrected chi connectivity index (χ1v) is 10.1. The van der Waals surface area contributed by atoms with Gasteiger partial charge in [0, 0.05) is 18.7 Å². The van der Waals surface area contributed by atoms with E-state index in [9.17, 15) is 9.59 Å². The summed E-state index contributed by atoms with van der Waals surface area (Å²) >= 11 is 0. The lowest BCUT2D eigenvalue weighted by atomic mass is 10.1. The number of benzene rings is 2. The second-order valence-electron chi connectivity index (χ2n) is 6.42. The SMILES string of the molecule is CCOc1cc(/C=C/C(=O)c2ccc(OCC(=O)N(CC)CC)cc2)ccc1OC. The minimum absolute atomic E-state index is 0.0193. The first-order chi connectivity index (χ1) is 14.5. The van der Waals surface area contributed by atoms with Crippen molar-refractivity contribution >= 4 is 17.8 Å². The highest BCUT2D eigenvalue weighted by Crippen LogP contribution is 2.28. The number of allylic oxidation sites excluding steroid dienone is 1. The van der Waals surface area contributed by atoms with Gasteiger partial charge in [0.25, 0.3) is 5.91 Å². The fourth-order valence-electron chi connectivity index (χ4n) is 2.86. The van der Waals surface area contributed by atoms with Gasteiger partial charge in [0.2, 0.25) is 0 Å². The van der Waals surface area contributed by atoms with E-state index in [1.54, 1.807) is 48.4 Å². The van der Waals surface area contributed by atoms with E-state index in [2.05, 4.69) is 0 Å². The number of amides is 1. The second-order valence-corrected chi connectivity index (χ2v) is 6.42. The zero-order chi connectivity index (χ0) is 21.9. The molecule has 6 nitrogen and oxygen atoms in total. The fraction of sp³-hybridized carbons (Fsp3) is 0.333. The first-order valence-electron chi connectivity index (χ1n) is 10.1. The molecule has 2 aromatic carbocycles. The molecule has 0 unspecified atom stereocenters. The molecular weight excluding hydrogens is 382 g/mol. The van der Waals surface area contributed by atoms with E-state index in [1.807, 2.05) is 32.9 Å². The van der Waals surface area contributed by atoms with Gasteiger partial charge in [-0.15, -0.1) is 0 Å². The average molecular weight is 411 g/mol. The number of hydrogen-bond donors (Lipinski definition) is 0. The number of rotatable bonds is 11. The molecule has 0 saturated carbocycles. The number of hydrogen-bond acceptors (Lipinski definition) is 5. The molecule has 2 aromatic rings. The second kappa shape index (κ2) is 11.7. The summed E-state index contributed by atoms with van der Waals surface area (Å²) in [6.45, 7) is 7.57. The average Bonchev–Trinajstić information content (AvgIpc) is 2.77. The molecule has 0 atom stereocenters. The molecule has 0 heterocycles. The lowest BCUT2D eigenvalue weighted by Gasteiger charge is -2.18. The zero-order valence-electron chi connectivity index (χ0n) is 18.0. The van der Waals surface area contributed by atoms with Crippen LogP contribution in [-0.4, -0.2) is 50.0 Å². The normalized spacial score (nSPS) is 10.7. The fourth-order valence-corrected chi connectivity index (χ4v) is 2.86. The lowest BCUT2D eigenvalue weighted by molar-refractivity contribution is -0.132. The van der Waals surface area contributed by atoms with Crippen molar-refractivity contribution in [1.29, 1.82) is 0 Å². The van der Waals surface area contributed by atoms with Gasteiger partial charge in [0.05, 0.1) is 13.7 Å². The molecule has 0 aliphatic rings. The van der Waals surface area contributed by atoms with Crippen molar-refractivity contribution in [3.05, 3.63) is 59.7 Å². The lowest BCUT2D eigenvalue weighted by Crippen LogP contribution is -2.34. The number of methoxy groups -OCH3 is 1. The Hall–Kier alpha value is -3.28. The molecule has 2 rings (SSSR count). The standard InChI is InChI=1S/C24H29NO5/c1-5-25(6-2)24(27)17-30-20-12-10-19(11-13-20)21(26)14-8-18-9-15-22(28-4)23(16-18)29-7-3/h8-16H,5-7,17H2,1-4H3/b14-8+. The van der Waals surface area contributed by atoms with Crippen molar-refractivity contribution < 1.29 is 23.8 Å². The number of ketones is 1. The first kappa shape index (κ1) is 23.0. The molecule has 0 aliphatic heterocycles. The van der Waals surface area contributed by atoms with Gasteiger partial charge in [0.15, 0.2) is 23.9 Å². The molecule has 1 amide bonds. The maximum absolute atomic E-state index is 12.5. The minimum Gasteiger partial charge on any atom is -0.493 e. The Bertz CT molecular complexity index is 870. The monoisotopic (exact) mass is 411 g/mol. The Balaban J connectivity index is 1.99. The molecule has 0 bridgehead atoms. The van der Waals surface area contributed by atoms with Crippen LogP contribution in [0.1, 0.15) is 36.7 Å². The topological polar surface area (TPSA) is 65.1 Å². The van der Waals surface area contributed by atoms with Crippen LogP contribution >= 0.6 is 0 Å². The molecule has 160 valence electrons. The summed E-state index contributed by atoms with van der Waals surface area (Å²) in [6.07, 6.45) is 3.24. The molecule has 0 aromatic heterocycles. The van der Waals surface area contributed by atoms with Gasteiger partial charge in [0.1, 0.15) is 5.75 Å². The predicted octanol–water partition coefficient (Wildman–Crippen LogP) is 4.24. The van der Waals surface area contributed by atoms with Crippen LogP contribution in [0.2, 0.25) is 0 Å². The predicted molar refractivity (Wildman–Crippen MR) is 117 cm³/mol. The van der Waals surface area contributed by atoms with Gasteiger partial charge in [-0.2, -0.15) is 0 Å². The summed E-state index contributed by atoms with van der Waals surface area (Å²) in [5.74, 6) is 1.64. The van der Waals surface area contributed by atoms with E-state index in [4.69, 9.17) is 14.2 Å². The van der Waals surface area contributed by atoms with Crippen molar-refractivity contribution in [3.8, 4) is 17.2 Å². The molecular formula is C24H29NO5. The Labute approximate surface area is 178 Å².